The second kappa shape index (κ2) is 5.95. The smallest absolute Gasteiger partial charge is 0.223 e. The summed E-state index contributed by atoms with van der Waals surface area (Å²) in [5.41, 5.74) is 2.14. The Kier molecular flexibility index (Phi) is 4.03. The number of hydrogen-bond donors (Lipinski definition) is 1. The van der Waals surface area contributed by atoms with Crippen LogP contribution in [0.2, 0.25) is 0 Å². The van der Waals surface area contributed by atoms with Gasteiger partial charge in [0.1, 0.15) is 0 Å². The van der Waals surface area contributed by atoms with E-state index in [-0.39, 0.29) is 5.91 Å². The van der Waals surface area contributed by atoms with Gasteiger partial charge in [-0.1, -0.05) is 0 Å². The normalized spacial score (nSPS) is 19.0. The molecule has 0 aromatic carbocycles. The van der Waals surface area contributed by atoms with Crippen molar-refractivity contribution in [3.63, 3.8) is 0 Å². The zero-order valence-electron chi connectivity index (χ0n) is 12.2. The van der Waals surface area contributed by atoms with E-state index < -0.39 is 0 Å². The Morgan fingerprint density at radius 3 is 3.14 bits per heavy atom. The van der Waals surface area contributed by atoms with Crippen molar-refractivity contribution in [1.82, 2.24) is 19.7 Å². The third-order valence-electron chi connectivity index (χ3n) is 3.64. The van der Waals surface area contributed by atoms with Gasteiger partial charge in [0, 0.05) is 32.1 Å². The Hall–Kier alpha value is -1.73. The highest BCUT2D eigenvalue weighted by molar-refractivity contribution is 7.13. The molecule has 0 saturated carbocycles. The molecule has 112 valence electrons. The van der Waals surface area contributed by atoms with Crippen LogP contribution in [0.3, 0.4) is 0 Å². The molecule has 1 N–H and O–H groups in total. The minimum atomic E-state index is -0.0762. The Bertz CT molecular complexity index is 635. The summed E-state index contributed by atoms with van der Waals surface area (Å²) < 4.78 is 1.83. The molecule has 0 radical (unpaired) electrons. The van der Waals surface area contributed by atoms with Gasteiger partial charge in [-0.15, -0.1) is 11.3 Å². The monoisotopic (exact) mass is 305 g/mol. The van der Waals surface area contributed by atoms with Crippen LogP contribution >= 0.6 is 11.3 Å². The molecule has 3 rings (SSSR count). The third-order valence-corrected chi connectivity index (χ3v) is 4.42. The quantitative estimate of drug-likeness (QED) is 0.940. The number of aromatic nitrogens is 3. The highest BCUT2D eigenvalue weighted by atomic mass is 32.1. The molecular formula is C14H19N5OS. The first-order valence-electron chi connectivity index (χ1n) is 7.07. The molecule has 7 heteroatoms. The van der Waals surface area contributed by atoms with Crippen molar-refractivity contribution in [2.24, 2.45) is 7.05 Å². The van der Waals surface area contributed by atoms with Crippen LogP contribution in [0.25, 0.3) is 0 Å². The summed E-state index contributed by atoms with van der Waals surface area (Å²) in [6.45, 7) is 3.41. The van der Waals surface area contributed by atoms with Crippen LogP contribution in [-0.2, 0) is 18.4 Å². The highest BCUT2D eigenvalue weighted by Crippen LogP contribution is 2.34. The van der Waals surface area contributed by atoms with Gasteiger partial charge in [0.2, 0.25) is 5.91 Å². The lowest BCUT2D eigenvalue weighted by Gasteiger charge is -2.21. The third kappa shape index (κ3) is 3.30. The Labute approximate surface area is 127 Å². The van der Waals surface area contributed by atoms with Gasteiger partial charge in [-0.25, -0.2) is 4.98 Å². The largest absolute Gasteiger partial charge is 0.302 e. The van der Waals surface area contributed by atoms with Crippen LogP contribution < -0.4 is 5.32 Å². The lowest BCUT2D eigenvalue weighted by molar-refractivity contribution is -0.114. The average molecular weight is 305 g/mol. The van der Waals surface area contributed by atoms with E-state index in [9.17, 15) is 4.79 Å². The van der Waals surface area contributed by atoms with Gasteiger partial charge in [0.25, 0.3) is 0 Å². The van der Waals surface area contributed by atoms with Gasteiger partial charge < -0.3 is 5.32 Å². The van der Waals surface area contributed by atoms with Gasteiger partial charge in [-0.05, 0) is 25.5 Å². The number of carbonyl (C=O) groups excluding carboxylic acids is 1. The number of likely N-dealkylation sites (tertiary alicyclic amines) is 1. The van der Waals surface area contributed by atoms with Crippen LogP contribution in [0.4, 0.5) is 5.13 Å². The van der Waals surface area contributed by atoms with E-state index in [4.69, 9.17) is 0 Å². The lowest BCUT2D eigenvalue weighted by atomic mass is 10.1. The molecule has 1 unspecified atom stereocenters. The Morgan fingerprint density at radius 1 is 1.57 bits per heavy atom. The second-order valence-corrected chi connectivity index (χ2v) is 6.23. The molecule has 2 aromatic heterocycles. The first-order valence-corrected chi connectivity index (χ1v) is 7.95. The van der Waals surface area contributed by atoms with E-state index in [0.717, 1.165) is 30.9 Å². The SMILES string of the molecule is CC(=O)Nc1nc(C2CCCN2Cc2ccn(C)n2)cs1. The van der Waals surface area contributed by atoms with Crippen molar-refractivity contribution < 1.29 is 4.79 Å². The average Bonchev–Trinajstić information content (AvgIpc) is 3.11. The fourth-order valence-corrected chi connectivity index (χ4v) is 3.56. The summed E-state index contributed by atoms with van der Waals surface area (Å²) in [5, 5.41) is 9.93. The molecule has 6 nitrogen and oxygen atoms in total. The molecule has 1 atom stereocenters. The zero-order valence-corrected chi connectivity index (χ0v) is 13.1. The van der Waals surface area contributed by atoms with Gasteiger partial charge in [0.15, 0.2) is 5.13 Å². The first kappa shape index (κ1) is 14.2. The van der Waals surface area contributed by atoms with Gasteiger partial charge in [-0.2, -0.15) is 5.10 Å². The van der Waals surface area contributed by atoms with Crippen molar-refractivity contribution in [2.75, 3.05) is 11.9 Å². The maximum atomic E-state index is 11.1. The number of rotatable bonds is 4. The van der Waals surface area contributed by atoms with E-state index in [0.29, 0.717) is 11.2 Å². The topological polar surface area (TPSA) is 63.1 Å². The molecule has 1 amide bonds. The number of thiazole rings is 1. The van der Waals surface area contributed by atoms with Gasteiger partial charge in [0.05, 0.1) is 17.4 Å². The van der Waals surface area contributed by atoms with Crippen LogP contribution in [-0.4, -0.2) is 32.1 Å². The van der Waals surface area contributed by atoms with Crippen LogP contribution in [0.1, 0.15) is 37.2 Å². The molecule has 0 spiro atoms. The predicted molar refractivity (Wildman–Crippen MR) is 82.0 cm³/mol. The summed E-state index contributed by atoms with van der Waals surface area (Å²) >= 11 is 1.49. The fraction of sp³-hybridized carbons (Fsp3) is 0.500. The van der Waals surface area contributed by atoms with Crippen LogP contribution in [0.5, 0.6) is 0 Å². The lowest BCUT2D eigenvalue weighted by Crippen LogP contribution is -2.23. The van der Waals surface area contributed by atoms with E-state index in [1.807, 2.05) is 23.3 Å². The van der Waals surface area contributed by atoms with Crippen molar-refractivity contribution in [1.29, 1.82) is 0 Å². The van der Waals surface area contributed by atoms with Crippen molar-refractivity contribution >= 4 is 22.4 Å². The number of nitrogens with one attached hydrogen (secondary N) is 1. The molecule has 21 heavy (non-hydrogen) atoms. The van der Waals surface area contributed by atoms with Crippen molar-refractivity contribution in [2.45, 2.75) is 32.4 Å². The molecule has 1 fully saturated rings. The van der Waals surface area contributed by atoms with Gasteiger partial charge in [-0.3, -0.25) is 14.4 Å². The molecule has 1 aliphatic rings. The minimum Gasteiger partial charge on any atom is -0.302 e. The number of amides is 1. The maximum absolute atomic E-state index is 11.1. The number of aryl methyl sites for hydroxylation is 1. The number of nitrogens with zero attached hydrogens (tertiary/aromatic N) is 4. The molecular weight excluding hydrogens is 286 g/mol. The van der Waals surface area contributed by atoms with Crippen molar-refractivity contribution in [3.05, 3.63) is 29.0 Å². The summed E-state index contributed by atoms with van der Waals surface area (Å²) in [6.07, 6.45) is 4.25. The summed E-state index contributed by atoms with van der Waals surface area (Å²) in [5.74, 6) is -0.0762. The molecule has 2 aromatic rings. The fourth-order valence-electron chi connectivity index (χ4n) is 2.75. The van der Waals surface area contributed by atoms with E-state index >= 15 is 0 Å². The number of anilines is 1. The van der Waals surface area contributed by atoms with Crippen LogP contribution in [0.15, 0.2) is 17.6 Å². The van der Waals surface area contributed by atoms with Crippen LogP contribution in [0, 0.1) is 0 Å². The highest BCUT2D eigenvalue weighted by Gasteiger charge is 2.28. The zero-order chi connectivity index (χ0) is 14.8. The van der Waals surface area contributed by atoms with Gasteiger partial charge >= 0.3 is 0 Å². The molecule has 0 aliphatic carbocycles. The molecule has 0 bridgehead atoms. The van der Waals surface area contributed by atoms with E-state index in [1.165, 1.54) is 24.7 Å². The maximum Gasteiger partial charge on any atom is 0.223 e. The standard InChI is InChI=1S/C14H19N5OS/c1-10(20)15-14-16-12(9-21-14)13-4-3-6-19(13)8-11-5-7-18(2)17-11/h5,7,9,13H,3-4,6,8H2,1-2H3,(H,15,16,20). The molecule has 3 heterocycles. The number of carbonyl (C=O) groups is 1. The van der Waals surface area contributed by atoms with E-state index in [1.54, 1.807) is 0 Å². The Balaban J connectivity index is 1.71. The Morgan fingerprint density at radius 2 is 2.43 bits per heavy atom. The first-order chi connectivity index (χ1) is 10.1. The molecule has 1 saturated heterocycles. The summed E-state index contributed by atoms with van der Waals surface area (Å²) in [7, 11) is 1.94. The van der Waals surface area contributed by atoms with E-state index in [2.05, 4.69) is 26.4 Å². The minimum absolute atomic E-state index is 0.0762. The van der Waals surface area contributed by atoms with Crippen molar-refractivity contribution in [3.8, 4) is 0 Å². The molecule has 1 aliphatic heterocycles. The summed E-state index contributed by atoms with van der Waals surface area (Å²) in [6, 6.07) is 2.38. The predicted octanol–water partition coefficient (Wildman–Crippen LogP) is 2.17. The second-order valence-electron chi connectivity index (χ2n) is 5.37. The number of hydrogen-bond acceptors (Lipinski definition) is 5. The summed E-state index contributed by atoms with van der Waals surface area (Å²) in [4.78, 5) is 18.0.